The van der Waals surface area contributed by atoms with Crippen molar-refractivity contribution in [2.24, 2.45) is 0 Å². The van der Waals surface area contributed by atoms with Gasteiger partial charge in [0.25, 0.3) is 5.91 Å². The highest BCUT2D eigenvalue weighted by atomic mass is 19.1. The summed E-state index contributed by atoms with van der Waals surface area (Å²) in [5.41, 5.74) is 3.50. The third-order valence-electron chi connectivity index (χ3n) is 5.90. The largest absolute Gasteiger partial charge is 0.493 e. The van der Waals surface area contributed by atoms with Crippen molar-refractivity contribution in [2.45, 2.75) is 26.3 Å². The number of ether oxygens (including phenoxy) is 1. The molecule has 4 aromatic rings. The number of methoxy groups -OCH3 is 1. The van der Waals surface area contributed by atoms with Crippen LogP contribution in [-0.2, 0) is 0 Å². The molecule has 1 saturated heterocycles. The Bertz CT molecular complexity index is 1330. The first kappa shape index (κ1) is 20.8. The van der Waals surface area contributed by atoms with Gasteiger partial charge in [-0.05, 0) is 55.7 Å². The van der Waals surface area contributed by atoms with Gasteiger partial charge in [0, 0.05) is 6.54 Å². The molecule has 0 spiro atoms. The molecule has 1 unspecified atom stereocenters. The molecule has 2 aromatic heterocycles. The van der Waals surface area contributed by atoms with E-state index in [1.165, 1.54) is 18.0 Å². The van der Waals surface area contributed by atoms with Crippen molar-refractivity contribution in [3.63, 3.8) is 0 Å². The van der Waals surface area contributed by atoms with Crippen LogP contribution in [0.25, 0.3) is 17.1 Å². The molecule has 3 heterocycles. The van der Waals surface area contributed by atoms with Crippen LogP contribution in [0.15, 0.2) is 47.2 Å². The highest BCUT2D eigenvalue weighted by Gasteiger charge is 2.39. The molecular weight excluding hydrogens is 427 g/mol. The number of rotatable bonds is 5. The topological polar surface area (TPSA) is 99.2 Å². The lowest BCUT2D eigenvalue weighted by molar-refractivity contribution is 0.0378. The van der Waals surface area contributed by atoms with Crippen molar-refractivity contribution >= 4 is 5.91 Å². The number of likely N-dealkylation sites (tertiary alicyclic amines) is 1. The average Bonchev–Trinajstić information content (AvgIpc) is 3.47. The van der Waals surface area contributed by atoms with Crippen LogP contribution in [0.4, 0.5) is 4.39 Å². The molecule has 0 aliphatic carbocycles. The summed E-state index contributed by atoms with van der Waals surface area (Å²) in [5.74, 6) is -0.161. The molecular formula is C23H21FN6O3. The molecule has 1 fully saturated rings. The number of halogens is 1. The summed E-state index contributed by atoms with van der Waals surface area (Å²) in [7, 11) is 1.38. The van der Waals surface area contributed by atoms with Gasteiger partial charge in [0.1, 0.15) is 6.04 Å². The van der Waals surface area contributed by atoms with Gasteiger partial charge in [-0.3, -0.25) is 4.79 Å². The summed E-state index contributed by atoms with van der Waals surface area (Å²) >= 11 is 0. The predicted molar refractivity (Wildman–Crippen MR) is 115 cm³/mol. The number of nitrogens with zero attached hydrogens (tertiary/aromatic N) is 6. The van der Waals surface area contributed by atoms with Crippen LogP contribution in [0.3, 0.4) is 0 Å². The Morgan fingerprint density at radius 2 is 1.94 bits per heavy atom. The summed E-state index contributed by atoms with van der Waals surface area (Å²) in [6.45, 7) is 4.48. The summed E-state index contributed by atoms with van der Waals surface area (Å²) < 4.78 is 24.7. The molecule has 5 rings (SSSR count). The van der Waals surface area contributed by atoms with Crippen LogP contribution >= 0.6 is 0 Å². The number of aromatic nitrogens is 5. The molecule has 168 valence electrons. The number of para-hydroxylation sites is 1. The van der Waals surface area contributed by atoms with E-state index in [-0.39, 0.29) is 23.5 Å². The van der Waals surface area contributed by atoms with Crippen LogP contribution in [0, 0.1) is 19.7 Å². The van der Waals surface area contributed by atoms with Gasteiger partial charge in [-0.15, -0.1) is 0 Å². The summed E-state index contributed by atoms with van der Waals surface area (Å²) in [4.78, 5) is 21.1. The molecule has 9 nitrogen and oxygen atoms in total. The van der Waals surface area contributed by atoms with Gasteiger partial charge in [0.05, 0.1) is 36.3 Å². The van der Waals surface area contributed by atoms with Crippen molar-refractivity contribution in [3.05, 3.63) is 71.1 Å². The highest BCUT2D eigenvalue weighted by molar-refractivity contribution is 5.98. The number of carbonyl (C=O) groups excluding carboxylic acids is 1. The van der Waals surface area contributed by atoms with E-state index < -0.39 is 5.82 Å². The van der Waals surface area contributed by atoms with E-state index in [0.717, 1.165) is 11.1 Å². The van der Waals surface area contributed by atoms with E-state index in [1.807, 2.05) is 26.0 Å². The third-order valence-corrected chi connectivity index (χ3v) is 5.90. The Morgan fingerprint density at radius 1 is 1.18 bits per heavy atom. The molecule has 0 N–H and O–H groups in total. The molecule has 0 saturated carbocycles. The molecule has 1 aliphatic heterocycles. The van der Waals surface area contributed by atoms with Gasteiger partial charge >= 0.3 is 0 Å². The quantitative estimate of drug-likeness (QED) is 0.459. The minimum atomic E-state index is -0.517. The average molecular weight is 448 g/mol. The molecule has 33 heavy (non-hydrogen) atoms. The summed E-state index contributed by atoms with van der Waals surface area (Å²) in [5, 5.41) is 12.4. The second-order valence-corrected chi connectivity index (χ2v) is 7.85. The molecule has 1 amide bonds. The van der Waals surface area contributed by atoms with Gasteiger partial charge in [-0.1, -0.05) is 11.2 Å². The maximum absolute atomic E-state index is 14.1. The van der Waals surface area contributed by atoms with E-state index in [1.54, 1.807) is 29.4 Å². The molecule has 0 bridgehead atoms. The summed E-state index contributed by atoms with van der Waals surface area (Å²) in [6.07, 6.45) is 3.81. The fourth-order valence-corrected chi connectivity index (χ4v) is 3.89. The number of carbonyl (C=O) groups is 1. The molecule has 1 atom stereocenters. The van der Waals surface area contributed by atoms with Crippen molar-refractivity contribution in [3.8, 4) is 22.8 Å². The monoisotopic (exact) mass is 448 g/mol. The maximum atomic E-state index is 14.1. The van der Waals surface area contributed by atoms with E-state index in [4.69, 9.17) is 9.26 Å². The maximum Gasteiger partial charge on any atom is 0.256 e. The van der Waals surface area contributed by atoms with E-state index >= 15 is 0 Å². The first-order valence-electron chi connectivity index (χ1n) is 10.4. The van der Waals surface area contributed by atoms with Crippen LogP contribution in [0.2, 0.25) is 0 Å². The third kappa shape index (κ3) is 3.53. The van der Waals surface area contributed by atoms with E-state index in [0.29, 0.717) is 35.7 Å². The van der Waals surface area contributed by atoms with Gasteiger partial charge in [0.2, 0.25) is 11.7 Å². The predicted octanol–water partition coefficient (Wildman–Crippen LogP) is 3.67. The van der Waals surface area contributed by atoms with Crippen LogP contribution in [-0.4, -0.2) is 49.6 Å². The summed E-state index contributed by atoms with van der Waals surface area (Å²) in [6, 6.07) is 7.87. The van der Waals surface area contributed by atoms with Crippen LogP contribution < -0.4 is 4.74 Å². The number of amides is 1. The Morgan fingerprint density at radius 3 is 2.64 bits per heavy atom. The van der Waals surface area contributed by atoms with Crippen LogP contribution in [0.1, 0.15) is 39.8 Å². The standard InChI is InChI=1S/C23H21FN6O3/c1-13-11-16(19(12-14(13)2)30-25-8-9-26-30)23(31)29-10-7-18(29)22-27-21(28-33-22)15-5-4-6-17(24)20(15)32-3/h4-6,8-9,11-12,18H,7,10H2,1-3H3. The van der Waals surface area contributed by atoms with E-state index in [2.05, 4.69) is 20.3 Å². The van der Waals surface area contributed by atoms with Crippen molar-refractivity contribution in [2.75, 3.05) is 13.7 Å². The number of hydrogen-bond donors (Lipinski definition) is 0. The zero-order valence-electron chi connectivity index (χ0n) is 18.3. The lowest BCUT2D eigenvalue weighted by atomic mass is 9.98. The number of aryl methyl sites for hydroxylation is 2. The van der Waals surface area contributed by atoms with Crippen LogP contribution in [0.5, 0.6) is 5.75 Å². The van der Waals surface area contributed by atoms with Crippen molar-refractivity contribution in [1.29, 1.82) is 0 Å². The first-order valence-corrected chi connectivity index (χ1v) is 10.4. The normalized spacial score (nSPS) is 15.4. The van der Waals surface area contributed by atoms with Gasteiger partial charge < -0.3 is 14.2 Å². The minimum Gasteiger partial charge on any atom is -0.493 e. The minimum absolute atomic E-state index is 0.0397. The Hall–Kier alpha value is -4.08. The van der Waals surface area contributed by atoms with Gasteiger partial charge in [0.15, 0.2) is 11.6 Å². The molecule has 2 aromatic carbocycles. The van der Waals surface area contributed by atoms with Crippen molar-refractivity contribution < 1.29 is 18.4 Å². The SMILES string of the molecule is COc1c(F)cccc1-c1noc(C2CCN2C(=O)c2cc(C)c(C)cc2-n2nccn2)n1. The lowest BCUT2D eigenvalue weighted by Gasteiger charge is -2.38. The lowest BCUT2D eigenvalue weighted by Crippen LogP contribution is -2.45. The first-order chi connectivity index (χ1) is 16.0. The van der Waals surface area contributed by atoms with E-state index in [9.17, 15) is 9.18 Å². The van der Waals surface area contributed by atoms with Gasteiger partial charge in [-0.25, -0.2) is 4.39 Å². The zero-order chi connectivity index (χ0) is 23.1. The Kier molecular flexibility index (Phi) is 5.12. The highest BCUT2D eigenvalue weighted by Crippen LogP contribution is 2.37. The number of hydrogen-bond acceptors (Lipinski definition) is 7. The number of benzene rings is 2. The Labute approximate surface area is 188 Å². The zero-order valence-corrected chi connectivity index (χ0v) is 18.3. The second-order valence-electron chi connectivity index (χ2n) is 7.85. The Balaban J connectivity index is 1.46. The molecule has 0 radical (unpaired) electrons. The smallest absolute Gasteiger partial charge is 0.256 e. The molecule has 1 aliphatic rings. The van der Waals surface area contributed by atoms with Crippen molar-refractivity contribution in [1.82, 2.24) is 30.0 Å². The molecule has 10 heteroatoms. The fraction of sp³-hybridized carbons (Fsp3) is 0.261. The van der Waals surface area contributed by atoms with Gasteiger partial charge in [-0.2, -0.15) is 20.0 Å². The second kappa shape index (κ2) is 8.12. The fourth-order valence-electron chi connectivity index (χ4n) is 3.89.